The van der Waals surface area contributed by atoms with Crippen LogP contribution in [-0.2, 0) is 12.8 Å². The first-order chi connectivity index (χ1) is 7.84. The highest BCUT2D eigenvalue weighted by Gasteiger charge is 2.28. The van der Waals surface area contributed by atoms with E-state index in [-0.39, 0.29) is 0 Å². The average molecular weight is 280 g/mol. The van der Waals surface area contributed by atoms with Crippen LogP contribution >= 0.6 is 15.9 Å². The summed E-state index contributed by atoms with van der Waals surface area (Å²) in [6, 6.07) is 7.44. The van der Waals surface area contributed by atoms with Gasteiger partial charge in [-0.05, 0) is 61.8 Å². The Bertz CT molecular complexity index is 382. The molecule has 2 atom stereocenters. The summed E-state index contributed by atoms with van der Waals surface area (Å²) < 4.78 is 1.31. The minimum Gasteiger partial charge on any atom is -0.314 e. The van der Waals surface area contributed by atoms with Gasteiger partial charge in [0.05, 0.1) is 0 Å². The number of halogens is 1. The molecular formula is C14H18BrN. The summed E-state index contributed by atoms with van der Waals surface area (Å²) in [5.41, 5.74) is 3.12. The van der Waals surface area contributed by atoms with Gasteiger partial charge in [0.15, 0.2) is 0 Å². The van der Waals surface area contributed by atoms with E-state index in [1.165, 1.54) is 43.1 Å². The zero-order valence-electron chi connectivity index (χ0n) is 9.51. The van der Waals surface area contributed by atoms with Gasteiger partial charge in [-0.3, -0.25) is 0 Å². The van der Waals surface area contributed by atoms with E-state index in [9.17, 15) is 0 Å². The Hall–Kier alpha value is -0.340. The van der Waals surface area contributed by atoms with Gasteiger partial charge in [-0.2, -0.15) is 0 Å². The molecule has 1 aliphatic heterocycles. The van der Waals surface area contributed by atoms with Gasteiger partial charge in [-0.1, -0.05) is 28.1 Å². The van der Waals surface area contributed by atoms with Crippen molar-refractivity contribution in [2.45, 2.75) is 38.1 Å². The average Bonchev–Trinajstić information content (AvgIpc) is 2.82. The summed E-state index contributed by atoms with van der Waals surface area (Å²) in [6.07, 6.45) is 6.62. The molecule has 0 spiro atoms. The van der Waals surface area contributed by atoms with Crippen molar-refractivity contribution in [3.05, 3.63) is 33.8 Å². The molecule has 3 rings (SSSR count). The molecule has 1 aliphatic carbocycles. The maximum absolute atomic E-state index is 3.67. The Balaban J connectivity index is 1.80. The standard InChI is InChI=1S/C14H18BrN/c15-13-4-1-3-10-9-11(6-7-12(10)13)14-5-2-8-16-14/h1,3-4,11,14,16H,2,5-9H2. The van der Waals surface area contributed by atoms with E-state index < -0.39 is 0 Å². The molecule has 1 heterocycles. The van der Waals surface area contributed by atoms with Gasteiger partial charge in [0.25, 0.3) is 0 Å². The van der Waals surface area contributed by atoms with Crippen molar-refractivity contribution in [1.82, 2.24) is 5.32 Å². The number of hydrogen-bond acceptors (Lipinski definition) is 1. The van der Waals surface area contributed by atoms with E-state index in [4.69, 9.17) is 0 Å². The quantitative estimate of drug-likeness (QED) is 0.832. The van der Waals surface area contributed by atoms with Gasteiger partial charge in [-0.25, -0.2) is 0 Å². The molecule has 0 amide bonds. The van der Waals surface area contributed by atoms with Crippen molar-refractivity contribution < 1.29 is 0 Å². The second kappa shape index (κ2) is 4.50. The van der Waals surface area contributed by atoms with E-state index in [1.807, 2.05) is 0 Å². The van der Waals surface area contributed by atoms with E-state index in [0.29, 0.717) is 0 Å². The third-order valence-corrected chi connectivity index (χ3v) is 4.87. The highest BCUT2D eigenvalue weighted by atomic mass is 79.9. The monoisotopic (exact) mass is 279 g/mol. The fourth-order valence-corrected chi connectivity index (χ4v) is 3.85. The molecular weight excluding hydrogens is 262 g/mol. The fourth-order valence-electron chi connectivity index (χ4n) is 3.25. The van der Waals surface area contributed by atoms with Crippen LogP contribution in [0.2, 0.25) is 0 Å². The molecule has 2 unspecified atom stereocenters. The summed E-state index contributed by atoms with van der Waals surface area (Å²) >= 11 is 3.67. The molecule has 1 aromatic rings. The fraction of sp³-hybridized carbons (Fsp3) is 0.571. The van der Waals surface area contributed by atoms with Crippen LogP contribution in [0.5, 0.6) is 0 Å². The Morgan fingerprint density at radius 3 is 3.00 bits per heavy atom. The van der Waals surface area contributed by atoms with Crippen LogP contribution < -0.4 is 5.32 Å². The van der Waals surface area contributed by atoms with Crippen molar-refractivity contribution in [2.24, 2.45) is 5.92 Å². The van der Waals surface area contributed by atoms with E-state index in [2.05, 4.69) is 39.4 Å². The smallest absolute Gasteiger partial charge is 0.0210 e. The molecule has 1 nitrogen and oxygen atoms in total. The first kappa shape index (κ1) is 10.8. The lowest BCUT2D eigenvalue weighted by atomic mass is 9.79. The maximum Gasteiger partial charge on any atom is 0.0210 e. The molecule has 2 heteroatoms. The van der Waals surface area contributed by atoms with Crippen LogP contribution in [0.1, 0.15) is 30.4 Å². The van der Waals surface area contributed by atoms with Gasteiger partial charge in [0, 0.05) is 10.5 Å². The molecule has 0 radical (unpaired) electrons. The maximum atomic E-state index is 3.67. The second-order valence-electron chi connectivity index (χ2n) is 5.08. The summed E-state index contributed by atoms with van der Waals surface area (Å²) in [4.78, 5) is 0. The van der Waals surface area contributed by atoms with Gasteiger partial charge >= 0.3 is 0 Å². The SMILES string of the molecule is Brc1cccc2c1CCC(C1CCCN1)C2. The molecule has 0 saturated carbocycles. The predicted octanol–water partition coefficient (Wildman–Crippen LogP) is 3.31. The number of nitrogens with one attached hydrogen (secondary N) is 1. The largest absolute Gasteiger partial charge is 0.314 e. The molecule has 1 aromatic carbocycles. The molecule has 1 saturated heterocycles. The van der Waals surface area contributed by atoms with Crippen LogP contribution in [0.3, 0.4) is 0 Å². The van der Waals surface area contributed by atoms with Crippen LogP contribution in [0.25, 0.3) is 0 Å². The van der Waals surface area contributed by atoms with Crippen LogP contribution in [0.15, 0.2) is 22.7 Å². The molecule has 86 valence electrons. The third-order valence-electron chi connectivity index (χ3n) is 4.13. The van der Waals surface area contributed by atoms with Crippen LogP contribution in [-0.4, -0.2) is 12.6 Å². The van der Waals surface area contributed by atoms with Crippen molar-refractivity contribution >= 4 is 15.9 Å². The summed E-state index contributed by atoms with van der Waals surface area (Å²) in [7, 11) is 0. The molecule has 2 aliphatic rings. The second-order valence-corrected chi connectivity index (χ2v) is 5.94. The third kappa shape index (κ3) is 1.93. The Kier molecular flexibility index (Phi) is 3.03. The lowest BCUT2D eigenvalue weighted by Crippen LogP contribution is -2.34. The molecule has 0 aromatic heterocycles. The van der Waals surface area contributed by atoms with Gasteiger partial charge < -0.3 is 5.32 Å². The predicted molar refractivity (Wildman–Crippen MR) is 70.7 cm³/mol. The number of rotatable bonds is 1. The van der Waals surface area contributed by atoms with Crippen LogP contribution in [0.4, 0.5) is 0 Å². The van der Waals surface area contributed by atoms with Gasteiger partial charge in [0.2, 0.25) is 0 Å². The van der Waals surface area contributed by atoms with E-state index in [1.54, 1.807) is 11.1 Å². The molecule has 16 heavy (non-hydrogen) atoms. The molecule has 1 N–H and O–H groups in total. The van der Waals surface area contributed by atoms with E-state index in [0.717, 1.165) is 12.0 Å². The van der Waals surface area contributed by atoms with Crippen molar-refractivity contribution in [3.8, 4) is 0 Å². The first-order valence-electron chi connectivity index (χ1n) is 6.34. The number of benzene rings is 1. The molecule has 0 bridgehead atoms. The minimum atomic E-state index is 0.784. The zero-order valence-corrected chi connectivity index (χ0v) is 11.1. The highest BCUT2D eigenvalue weighted by Crippen LogP contribution is 2.33. The summed E-state index contributed by atoms with van der Waals surface area (Å²) in [5.74, 6) is 0.865. The number of hydrogen-bond donors (Lipinski definition) is 1. The van der Waals surface area contributed by atoms with Gasteiger partial charge in [0.1, 0.15) is 0 Å². The van der Waals surface area contributed by atoms with Crippen LogP contribution in [0, 0.1) is 5.92 Å². The van der Waals surface area contributed by atoms with Crippen molar-refractivity contribution in [2.75, 3.05) is 6.54 Å². The Labute approximate surface area is 106 Å². The minimum absolute atomic E-state index is 0.784. The normalized spacial score (nSPS) is 29.1. The lowest BCUT2D eigenvalue weighted by molar-refractivity contribution is 0.349. The lowest BCUT2D eigenvalue weighted by Gasteiger charge is -2.29. The van der Waals surface area contributed by atoms with Crippen molar-refractivity contribution in [1.29, 1.82) is 0 Å². The highest BCUT2D eigenvalue weighted by molar-refractivity contribution is 9.10. The topological polar surface area (TPSA) is 12.0 Å². The first-order valence-corrected chi connectivity index (χ1v) is 7.13. The Morgan fingerprint density at radius 1 is 1.25 bits per heavy atom. The van der Waals surface area contributed by atoms with E-state index >= 15 is 0 Å². The molecule has 1 fully saturated rings. The Morgan fingerprint density at radius 2 is 2.19 bits per heavy atom. The summed E-state index contributed by atoms with van der Waals surface area (Å²) in [6.45, 7) is 1.23. The van der Waals surface area contributed by atoms with Crippen molar-refractivity contribution in [3.63, 3.8) is 0 Å². The summed E-state index contributed by atoms with van der Waals surface area (Å²) in [5, 5.41) is 3.66. The van der Waals surface area contributed by atoms with Gasteiger partial charge in [-0.15, -0.1) is 0 Å². The zero-order chi connectivity index (χ0) is 11.0. The number of fused-ring (bicyclic) bond motifs is 1.